The predicted octanol–water partition coefficient (Wildman–Crippen LogP) is 2.32. The number of carbonyl (C=O) groups is 2. The molecule has 8 heteroatoms. The molecule has 0 spiro atoms. The van der Waals surface area contributed by atoms with E-state index in [-0.39, 0.29) is 0 Å². The van der Waals surface area contributed by atoms with Crippen LogP contribution in [0.1, 0.15) is 0 Å². The summed E-state index contributed by atoms with van der Waals surface area (Å²) in [7, 11) is 0. The summed E-state index contributed by atoms with van der Waals surface area (Å²) in [6.45, 7) is 0. The van der Waals surface area contributed by atoms with Gasteiger partial charge in [-0.05, 0) is 24.3 Å². The summed E-state index contributed by atoms with van der Waals surface area (Å²) in [4.78, 5) is 29.0. The van der Waals surface area contributed by atoms with Crippen LogP contribution >= 0.6 is 0 Å². The van der Waals surface area contributed by atoms with Gasteiger partial charge in [-0.25, -0.2) is 9.59 Å². The van der Waals surface area contributed by atoms with Gasteiger partial charge in [0.1, 0.15) is 0 Å². The molecule has 2 rings (SSSR count). The molecular weight excluding hydrogens is 264 g/mol. The van der Waals surface area contributed by atoms with Crippen molar-refractivity contribution >= 4 is 23.6 Å². The quantitative estimate of drug-likeness (QED) is 0.680. The first kappa shape index (κ1) is 13.3. The highest BCUT2D eigenvalue weighted by molar-refractivity contribution is 5.83. The summed E-state index contributed by atoms with van der Waals surface area (Å²) in [5.74, 6) is 0. The lowest BCUT2D eigenvalue weighted by molar-refractivity contribution is 0.208. The Hall–Kier alpha value is -3.16. The van der Waals surface area contributed by atoms with E-state index in [9.17, 15) is 9.59 Å². The highest BCUT2D eigenvalue weighted by atomic mass is 16.4. The molecule has 0 aliphatic carbocycles. The molecule has 0 aliphatic rings. The lowest BCUT2D eigenvalue weighted by atomic mass is 10.2. The van der Waals surface area contributed by atoms with Gasteiger partial charge < -0.3 is 10.2 Å². The Kier molecular flexibility index (Phi) is 3.75. The zero-order chi connectivity index (χ0) is 14.5. The monoisotopic (exact) mass is 274 g/mol. The van der Waals surface area contributed by atoms with Crippen molar-refractivity contribution in [1.82, 2.24) is 9.97 Å². The maximum Gasteiger partial charge on any atom is 0.409 e. The van der Waals surface area contributed by atoms with E-state index in [0.717, 1.165) is 0 Å². The normalized spacial score (nSPS) is 9.80. The predicted molar refractivity (Wildman–Crippen MR) is 70.8 cm³/mol. The molecule has 4 N–H and O–H groups in total. The number of amides is 2. The first-order chi connectivity index (χ1) is 9.54. The molecule has 0 atom stereocenters. The number of nitrogens with zero attached hydrogens (tertiary/aromatic N) is 2. The van der Waals surface area contributed by atoms with Crippen LogP contribution in [0.25, 0.3) is 11.4 Å². The fourth-order valence-corrected chi connectivity index (χ4v) is 1.49. The van der Waals surface area contributed by atoms with E-state index in [1.165, 1.54) is 12.4 Å². The van der Waals surface area contributed by atoms with Gasteiger partial charge in [0, 0.05) is 0 Å². The molecule has 0 fully saturated rings. The summed E-state index contributed by atoms with van der Waals surface area (Å²) in [6, 6.07) is 6.33. The minimum atomic E-state index is -1.17. The van der Waals surface area contributed by atoms with Gasteiger partial charge in [-0.15, -0.1) is 0 Å². The summed E-state index contributed by atoms with van der Waals surface area (Å²) >= 11 is 0. The van der Waals surface area contributed by atoms with Crippen molar-refractivity contribution in [2.45, 2.75) is 0 Å². The molecule has 0 unspecified atom stereocenters. The molecule has 2 aromatic heterocycles. The van der Waals surface area contributed by atoms with Crippen LogP contribution in [0.2, 0.25) is 0 Å². The Labute approximate surface area is 113 Å². The Morgan fingerprint density at radius 1 is 0.800 bits per heavy atom. The lowest BCUT2D eigenvalue weighted by Crippen LogP contribution is -2.07. The Morgan fingerprint density at radius 2 is 1.20 bits per heavy atom. The number of rotatable bonds is 3. The summed E-state index contributed by atoms with van der Waals surface area (Å²) < 4.78 is 0. The second kappa shape index (κ2) is 5.65. The molecule has 20 heavy (non-hydrogen) atoms. The van der Waals surface area contributed by atoms with Gasteiger partial charge in [0.25, 0.3) is 0 Å². The van der Waals surface area contributed by atoms with Gasteiger partial charge in [0.05, 0.1) is 35.2 Å². The molecule has 0 bridgehead atoms. The molecule has 2 aromatic rings. The number of aromatic nitrogens is 2. The zero-order valence-electron chi connectivity index (χ0n) is 10.1. The highest BCUT2D eigenvalue weighted by Crippen LogP contribution is 2.18. The molecule has 0 aliphatic heterocycles. The molecule has 0 aromatic carbocycles. The van der Waals surface area contributed by atoms with Crippen molar-refractivity contribution < 1.29 is 19.8 Å². The van der Waals surface area contributed by atoms with E-state index in [1.54, 1.807) is 24.3 Å². The van der Waals surface area contributed by atoms with Crippen LogP contribution in [0, 0.1) is 0 Å². The topological polar surface area (TPSA) is 124 Å². The number of nitrogens with one attached hydrogen (secondary N) is 2. The molecule has 0 radical (unpaired) electrons. The fourth-order valence-electron chi connectivity index (χ4n) is 1.49. The minimum absolute atomic E-state index is 0.352. The Morgan fingerprint density at radius 3 is 1.45 bits per heavy atom. The van der Waals surface area contributed by atoms with E-state index in [1.807, 2.05) is 0 Å². The van der Waals surface area contributed by atoms with E-state index in [0.29, 0.717) is 22.8 Å². The number of carboxylic acid groups (broad SMARTS) is 2. The molecule has 0 saturated heterocycles. The van der Waals surface area contributed by atoms with Crippen molar-refractivity contribution in [1.29, 1.82) is 0 Å². The van der Waals surface area contributed by atoms with Gasteiger partial charge in [0.2, 0.25) is 0 Å². The SMILES string of the molecule is O=C(O)Nc1ccc(-c2ccc(NC(=O)O)cn2)nc1. The zero-order valence-corrected chi connectivity index (χ0v) is 10.1. The van der Waals surface area contributed by atoms with Crippen LogP contribution < -0.4 is 10.6 Å². The van der Waals surface area contributed by atoms with Crippen LogP contribution in [0.15, 0.2) is 36.7 Å². The first-order valence-electron chi connectivity index (χ1n) is 5.47. The Balaban J connectivity index is 2.15. The van der Waals surface area contributed by atoms with Crippen molar-refractivity contribution in [2.24, 2.45) is 0 Å². The summed E-state index contributed by atoms with van der Waals surface area (Å²) in [6.07, 6.45) is 0.409. The smallest absolute Gasteiger partial charge is 0.409 e. The third kappa shape index (κ3) is 3.42. The molecular formula is C12H10N4O4. The second-order valence-electron chi connectivity index (χ2n) is 3.72. The summed E-state index contributed by atoms with van der Waals surface area (Å²) in [5, 5.41) is 21.4. The Bertz CT molecular complexity index is 567. The number of anilines is 2. The fraction of sp³-hybridized carbons (Fsp3) is 0. The van der Waals surface area contributed by atoms with Gasteiger partial charge in [-0.3, -0.25) is 20.6 Å². The largest absolute Gasteiger partial charge is 0.465 e. The molecule has 0 saturated carbocycles. The van der Waals surface area contributed by atoms with Crippen molar-refractivity contribution in [3.63, 3.8) is 0 Å². The average molecular weight is 274 g/mol. The molecule has 2 amide bonds. The minimum Gasteiger partial charge on any atom is -0.465 e. The van der Waals surface area contributed by atoms with Crippen LogP contribution in [-0.2, 0) is 0 Å². The summed E-state index contributed by atoms with van der Waals surface area (Å²) in [5.41, 5.74) is 1.79. The average Bonchev–Trinajstić information content (AvgIpc) is 2.39. The second-order valence-corrected chi connectivity index (χ2v) is 3.72. The van der Waals surface area contributed by atoms with Crippen molar-refractivity contribution in [2.75, 3.05) is 10.6 Å². The van der Waals surface area contributed by atoms with E-state index in [2.05, 4.69) is 20.6 Å². The molecule has 8 nitrogen and oxygen atoms in total. The molecule has 102 valence electrons. The van der Waals surface area contributed by atoms with Crippen LogP contribution in [-0.4, -0.2) is 32.4 Å². The van der Waals surface area contributed by atoms with Crippen LogP contribution in [0.5, 0.6) is 0 Å². The number of hydrogen-bond acceptors (Lipinski definition) is 4. The highest BCUT2D eigenvalue weighted by Gasteiger charge is 2.04. The van der Waals surface area contributed by atoms with E-state index < -0.39 is 12.2 Å². The van der Waals surface area contributed by atoms with Crippen LogP contribution in [0.3, 0.4) is 0 Å². The third-order valence-corrected chi connectivity index (χ3v) is 2.29. The van der Waals surface area contributed by atoms with E-state index in [4.69, 9.17) is 10.2 Å². The van der Waals surface area contributed by atoms with Crippen LogP contribution in [0.4, 0.5) is 21.0 Å². The van der Waals surface area contributed by atoms with Gasteiger partial charge in [-0.2, -0.15) is 0 Å². The van der Waals surface area contributed by atoms with E-state index >= 15 is 0 Å². The first-order valence-corrected chi connectivity index (χ1v) is 5.47. The maximum atomic E-state index is 10.4. The van der Waals surface area contributed by atoms with Crippen molar-refractivity contribution in [3.05, 3.63) is 36.7 Å². The number of pyridine rings is 2. The lowest BCUT2D eigenvalue weighted by Gasteiger charge is -2.04. The van der Waals surface area contributed by atoms with Gasteiger partial charge in [0.15, 0.2) is 0 Å². The molecule has 2 heterocycles. The van der Waals surface area contributed by atoms with Gasteiger partial charge >= 0.3 is 12.2 Å². The standard InChI is InChI=1S/C12H10N4O4/c17-11(18)15-7-1-3-9(13-5-7)10-4-2-8(6-14-10)16-12(19)20/h1-6,15-16H,(H,17,18)(H,19,20). The third-order valence-electron chi connectivity index (χ3n) is 2.29. The van der Waals surface area contributed by atoms with Crippen molar-refractivity contribution in [3.8, 4) is 11.4 Å². The van der Waals surface area contributed by atoms with Gasteiger partial charge in [-0.1, -0.05) is 0 Å². The number of hydrogen-bond donors (Lipinski definition) is 4. The maximum absolute atomic E-state index is 10.4.